The molecule has 2 aliphatic heterocycles. The van der Waals surface area contributed by atoms with E-state index in [1.54, 1.807) is 11.7 Å². The molecule has 0 spiro atoms. The molecule has 160 valence electrons. The van der Waals surface area contributed by atoms with Gasteiger partial charge in [-0.1, -0.05) is 42.0 Å². The van der Waals surface area contributed by atoms with Gasteiger partial charge in [-0.15, -0.1) is 0 Å². The van der Waals surface area contributed by atoms with Gasteiger partial charge in [0.15, 0.2) is 0 Å². The Hall–Kier alpha value is -3.19. The number of methoxy groups -OCH3 is 1. The molecular weight excluding hydrogens is 392 g/mol. The summed E-state index contributed by atoms with van der Waals surface area (Å²) >= 11 is 0. The lowest BCUT2D eigenvalue weighted by Crippen LogP contribution is -2.44. The van der Waals surface area contributed by atoms with E-state index in [9.17, 15) is 9.59 Å². The molecule has 1 fully saturated rings. The number of fused-ring (bicyclic) bond motifs is 3. The number of rotatable bonds is 5. The molecular formula is C24H26N4O3. The third-order valence-electron chi connectivity index (χ3n) is 6.45. The van der Waals surface area contributed by atoms with Crippen LogP contribution in [-0.2, 0) is 19.6 Å². The van der Waals surface area contributed by atoms with Gasteiger partial charge in [0.05, 0.1) is 13.7 Å². The number of aromatic nitrogens is 3. The Morgan fingerprint density at radius 2 is 1.58 bits per heavy atom. The summed E-state index contributed by atoms with van der Waals surface area (Å²) in [5.74, 6) is 2.09. The highest BCUT2D eigenvalue weighted by Crippen LogP contribution is 2.37. The summed E-state index contributed by atoms with van der Waals surface area (Å²) in [7, 11) is 1.67. The predicted molar refractivity (Wildman–Crippen MR) is 118 cm³/mol. The second-order valence-corrected chi connectivity index (χ2v) is 8.63. The Kier molecular flexibility index (Phi) is 4.98. The molecule has 0 bridgehead atoms. The standard InChI is InChI=1S/C24H26N4O3/c1-16-3-5-18(6-4-16)12-28-24(30)23(29)27-14-19-13-26(15-21(19)22(27)25-28)11-17-7-9-20(31-2)10-8-17/h3-10,19,21H,11-15H2,1-2H3/t19-,21+/m0/s1. The van der Waals surface area contributed by atoms with Gasteiger partial charge >= 0.3 is 11.1 Å². The van der Waals surface area contributed by atoms with Crippen LogP contribution >= 0.6 is 0 Å². The van der Waals surface area contributed by atoms with E-state index in [1.807, 2.05) is 43.3 Å². The monoisotopic (exact) mass is 418 g/mol. The maximum absolute atomic E-state index is 12.8. The van der Waals surface area contributed by atoms with Crippen molar-refractivity contribution in [1.29, 1.82) is 0 Å². The lowest BCUT2D eigenvalue weighted by molar-refractivity contribution is 0.303. The molecule has 0 aliphatic carbocycles. The molecule has 3 aromatic rings. The number of hydrogen-bond donors (Lipinski definition) is 0. The highest BCUT2D eigenvalue weighted by Gasteiger charge is 2.42. The molecule has 0 saturated carbocycles. The molecule has 1 saturated heterocycles. The van der Waals surface area contributed by atoms with Crippen LogP contribution < -0.4 is 15.9 Å². The fourth-order valence-electron chi connectivity index (χ4n) is 4.77. The largest absolute Gasteiger partial charge is 0.497 e. The topological polar surface area (TPSA) is 69.4 Å². The summed E-state index contributed by atoms with van der Waals surface area (Å²) in [6.45, 7) is 5.50. The summed E-state index contributed by atoms with van der Waals surface area (Å²) in [4.78, 5) is 27.8. The Morgan fingerprint density at radius 1 is 0.903 bits per heavy atom. The summed E-state index contributed by atoms with van der Waals surface area (Å²) in [5, 5.41) is 4.66. The average Bonchev–Trinajstić information content (AvgIpc) is 3.32. The highest BCUT2D eigenvalue weighted by atomic mass is 16.5. The van der Waals surface area contributed by atoms with Gasteiger partial charge in [0.1, 0.15) is 11.6 Å². The second kappa shape index (κ2) is 7.81. The fourth-order valence-corrected chi connectivity index (χ4v) is 4.77. The first-order chi connectivity index (χ1) is 15.0. The molecule has 31 heavy (non-hydrogen) atoms. The van der Waals surface area contributed by atoms with Crippen molar-refractivity contribution in [2.24, 2.45) is 5.92 Å². The van der Waals surface area contributed by atoms with E-state index in [2.05, 4.69) is 22.1 Å². The molecule has 7 nitrogen and oxygen atoms in total. The second-order valence-electron chi connectivity index (χ2n) is 8.63. The lowest BCUT2D eigenvalue weighted by Gasteiger charge is -2.18. The van der Waals surface area contributed by atoms with Crippen molar-refractivity contribution < 1.29 is 4.74 Å². The van der Waals surface area contributed by atoms with Gasteiger partial charge in [-0.2, -0.15) is 5.10 Å². The van der Waals surface area contributed by atoms with Gasteiger partial charge < -0.3 is 4.74 Å². The zero-order valence-corrected chi connectivity index (χ0v) is 17.8. The molecule has 0 amide bonds. The summed E-state index contributed by atoms with van der Waals surface area (Å²) in [6.07, 6.45) is 0. The third kappa shape index (κ3) is 3.70. The van der Waals surface area contributed by atoms with Crippen molar-refractivity contribution in [2.45, 2.75) is 32.5 Å². The smallest absolute Gasteiger partial charge is 0.332 e. The summed E-state index contributed by atoms with van der Waals surface area (Å²) in [5.41, 5.74) is 2.36. The minimum Gasteiger partial charge on any atom is -0.497 e. The first-order valence-electron chi connectivity index (χ1n) is 10.6. The SMILES string of the molecule is COc1ccc(CN2C[C@H]3Cn4c(nn(Cc5ccc(C)cc5)c(=O)c4=O)[C@@H]3C2)cc1. The number of ether oxygens (including phenoxy) is 1. The Morgan fingerprint density at radius 3 is 2.29 bits per heavy atom. The zero-order valence-electron chi connectivity index (χ0n) is 17.8. The molecule has 2 aliphatic rings. The molecule has 2 atom stereocenters. The molecule has 0 unspecified atom stereocenters. The minimum absolute atomic E-state index is 0.177. The van der Waals surface area contributed by atoms with Crippen molar-refractivity contribution in [2.75, 3.05) is 20.2 Å². The van der Waals surface area contributed by atoms with Gasteiger partial charge in [0.25, 0.3) is 0 Å². The van der Waals surface area contributed by atoms with Crippen molar-refractivity contribution in [1.82, 2.24) is 19.2 Å². The molecule has 2 aromatic carbocycles. The molecule has 7 heteroatoms. The van der Waals surface area contributed by atoms with E-state index < -0.39 is 11.1 Å². The molecule has 3 heterocycles. The van der Waals surface area contributed by atoms with Crippen LogP contribution in [0.1, 0.15) is 28.4 Å². The first kappa shape index (κ1) is 19.8. The van der Waals surface area contributed by atoms with Crippen LogP contribution in [0.3, 0.4) is 0 Å². The van der Waals surface area contributed by atoms with E-state index in [0.717, 1.165) is 42.3 Å². The van der Waals surface area contributed by atoms with Crippen LogP contribution in [0, 0.1) is 12.8 Å². The number of benzene rings is 2. The molecule has 1 aromatic heterocycles. The molecule has 5 rings (SSSR count). The average molecular weight is 418 g/mol. The van der Waals surface area contributed by atoms with Crippen molar-refractivity contribution in [3.8, 4) is 5.75 Å². The van der Waals surface area contributed by atoms with Gasteiger partial charge in [0.2, 0.25) is 0 Å². The van der Waals surface area contributed by atoms with E-state index in [1.165, 1.54) is 10.2 Å². The van der Waals surface area contributed by atoms with Crippen LogP contribution in [-0.4, -0.2) is 39.4 Å². The van der Waals surface area contributed by atoms with E-state index in [0.29, 0.717) is 19.0 Å². The summed E-state index contributed by atoms with van der Waals surface area (Å²) < 4.78 is 8.18. The van der Waals surface area contributed by atoms with Crippen LogP contribution in [0.2, 0.25) is 0 Å². The quantitative estimate of drug-likeness (QED) is 0.593. The predicted octanol–water partition coefficient (Wildman–Crippen LogP) is 2.00. The van der Waals surface area contributed by atoms with Gasteiger partial charge in [0, 0.05) is 38.0 Å². The van der Waals surface area contributed by atoms with Gasteiger partial charge in [-0.05, 0) is 30.2 Å². The highest BCUT2D eigenvalue weighted by molar-refractivity contribution is 5.27. The van der Waals surface area contributed by atoms with Crippen molar-refractivity contribution >= 4 is 0 Å². The van der Waals surface area contributed by atoms with Crippen LogP contribution in [0.5, 0.6) is 5.75 Å². The number of nitrogens with zero attached hydrogens (tertiary/aromatic N) is 4. The van der Waals surface area contributed by atoms with E-state index in [-0.39, 0.29) is 5.92 Å². The number of likely N-dealkylation sites (tertiary alicyclic amines) is 1. The maximum atomic E-state index is 12.8. The van der Waals surface area contributed by atoms with E-state index in [4.69, 9.17) is 4.74 Å². The van der Waals surface area contributed by atoms with E-state index >= 15 is 0 Å². The van der Waals surface area contributed by atoms with Crippen molar-refractivity contribution in [3.63, 3.8) is 0 Å². The number of aryl methyl sites for hydroxylation is 1. The first-order valence-corrected chi connectivity index (χ1v) is 10.6. The maximum Gasteiger partial charge on any atom is 0.332 e. The lowest BCUT2D eigenvalue weighted by atomic mass is 10.00. The molecule has 0 N–H and O–H groups in total. The van der Waals surface area contributed by atoms with Crippen LogP contribution in [0.4, 0.5) is 0 Å². The minimum atomic E-state index is -0.542. The van der Waals surface area contributed by atoms with Crippen LogP contribution in [0.25, 0.3) is 0 Å². The Labute approximate surface area is 180 Å². The Balaban J connectivity index is 1.37. The summed E-state index contributed by atoms with van der Waals surface area (Å²) in [6, 6.07) is 16.1. The zero-order chi connectivity index (χ0) is 21.5. The molecule has 0 radical (unpaired) electrons. The number of hydrogen-bond acceptors (Lipinski definition) is 5. The normalized spacial score (nSPS) is 19.9. The third-order valence-corrected chi connectivity index (χ3v) is 6.45. The fraction of sp³-hybridized carbons (Fsp3) is 0.375. The van der Waals surface area contributed by atoms with Gasteiger partial charge in [-0.3, -0.25) is 19.1 Å². The van der Waals surface area contributed by atoms with Crippen LogP contribution in [0.15, 0.2) is 58.1 Å². The van der Waals surface area contributed by atoms with Crippen molar-refractivity contribution in [3.05, 3.63) is 91.8 Å². The Bertz CT molecular complexity index is 1210. The van der Waals surface area contributed by atoms with Gasteiger partial charge in [-0.25, -0.2) is 4.68 Å².